The standard InChI is InChI=1S/C33H45N9O9S3/c1-40(52(4,43)44)19-22-49-28-13-7-25(8-14-28)34-31-37-32(35-26-9-15-29(16-10-26)50-23-20-41(2)53(5,45)46)39-33(38-31)36-27-11-17-30(18-12-27)51-24-21-42(3)54(6,47)48/h7-18H,19-24H2,1-6H3,(H3,34,35,36,37,38,39). The van der Waals surface area contributed by atoms with E-state index < -0.39 is 30.1 Å². The van der Waals surface area contributed by atoms with Crippen LogP contribution in [0.25, 0.3) is 0 Å². The number of nitrogens with zero attached hydrogens (tertiary/aromatic N) is 6. The summed E-state index contributed by atoms with van der Waals surface area (Å²) >= 11 is 0. The summed E-state index contributed by atoms with van der Waals surface area (Å²) in [6.45, 7) is 1.13. The monoisotopic (exact) mass is 807 g/mol. The number of likely N-dealkylation sites (N-methyl/N-ethyl adjacent to an activating group) is 3. The molecule has 0 atom stereocenters. The third-order valence-corrected chi connectivity index (χ3v) is 11.6. The number of benzene rings is 3. The third kappa shape index (κ3) is 13.9. The van der Waals surface area contributed by atoms with E-state index in [1.807, 2.05) is 0 Å². The Morgan fingerprint density at radius 3 is 0.870 bits per heavy atom. The van der Waals surface area contributed by atoms with Gasteiger partial charge in [0.05, 0.1) is 18.8 Å². The second-order valence-corrected chi connectivity index (χ2v) is 18.3. The summed E-state index contributed by atoms with van der Waals surface area (Å²) in [4.78, 5) is 13.6. The van der Waals surface area contributed by atoms with Crippen LogP contribution in [0, 0.1) is 0 Å². The molecule has 0 amide bonds. The molecule has 4 aromatic rings. The smallest absolute Gasteiger partial charge is 0.233 e. The number of ether oxygens (including phenoxy) is 3. The molecule has 0 aliphatic heterocycles. The van der Waals surface area contributed by atoms with Crippen molar-refractivity contribution in [3.63, 3.8) is 0 Å². The van der Waals surface area contributed by atoms with Crippen LogP contribution in [0.15, 0.2) is 72.8 Å². The highest BCUT2D eigenvalue weighted by molar-refractivity contribution is 7.88. The normalized spacial score (nSPS) is 12.2. The molecule has 0 aliphatic carbocycles. The average molecular weight is 808 g/mol. The molecule has 0 spiro atoms. The van der Waals surface area contributed by atoms with Gasteiger partial charge in [0.15, 0.2) is 0 Å². The SMILES string of the molecule is CN(CCOc1ccc(Nc2nc(Nc3ccc(OCCN(C)S(C)(=O)=O)cc3)nc(Nc3ccc(OCCN(C)S(C)(=O)=O)cc3)n2)cc1)S(C)(=O)=O. The lowest BCUT2D eigenvalue weighted by Crippen LogP contribution is -2.29. The van der Waals surface area contributed by atoms with Crippen LogP contribution in [0.1, 0.15) is 0 Å². The van der Waals surface area contributed by atoms with Crippen molar-refractivity contribution < 1.29 is 39.5 Å². The number of sulfonamides is 3. The van der Waals surface area contributed by atoms with E-state index >= 15 is 0 Å². The summed E-state index contributed by atoms with van der Waals surface area (Å²) in [5, 5.41) is 9.49. The molecule has 0 saturated heterocycles. The van der Waals surface area contributed by atoms with Gasteiger partial charge in [0.2, 0.25) is 47.9 Å². The van der Waals surface area contributed by atoms with Crippen molar-refractivity contribution in [1.82, 2.24) is 27.9 Å². The molecular weight excluding hydrogens is 763 g/mol. The first-order valence-electron chi connectivity index (χ1n) is 16.3. The highest BCUT2D eigenvalue weighted by Crippen LogP contribution is 2.24. The van der Waals surface area contributed by atoms with Crippen molar-refractivity contribution in [3.8, 4) is 17.2 Å². The summed E-state index contributed by atoms with van der Waals surface area (Å²) in [6.07, 6.45) is 3.40. The molecule has 1 heterocycles. The first-order chi connectivity index (χ1) is 25.3. The van der Waals surface area contributed by atoms with E-state index in [-0.39, 0.29) is 57.3 Å². The van der Waals surface area contributed by atoms with Crippen molar-refractivity contribution in [1.29, 1.82) is 0 Å². The fraction of sp³-hybridized carbons (Fsp3) is 0.364. The second kappa shape index (κ2) is 18.5. The zero-order valence-electron chi connectivity index (χ0n) is 30.8. The van der Waals surface area contributed by atoms with Crippen LogP contribution < -0.4 is 30.2 Å². The molecule has 1 aromatic heterocycles. The van der Waals surface area contributed by atoms with Crippen LogP contribution in [0.5, 0.6) is 17.2 Å². The Kier molecular flexibility index (Phi) is 14.4. The maximum absolute atomic E-state index is 11.6. The summed E-state index contributed by atoms with van der Waals surface area (Å²) in [7, 11) is -5.46. The summed E-state index contributed by atoms with van der Waals surface area (Å²) < 4.78 is 90.4. The van der Waals surface area contributed by atoms with Gasteiger partial charge in [0, 0.05) is 57.8 Å². The molecule has 0 aliphatic rings. The molecule has 0 unspecified atom stereocenters. The summed E-state index contributed by atoms with van der Waals surface area (Å²) in [5.41, 5.74) is 1.93. The first-order valence-corrected chi connectivity index (χ1v) is 21.9. The van der Waals surface area contributed by atoms with E-state index in [2.05, 4.69) is 30.9 Å². The van der Waals surface area contributed by atoms with Crippen LogP contribution >= 0.6 is 0 Å². The minimum Gasteiger partial charge on any atom is -0.492 e. The fourth-order valence-corrected chi connectivity index (χ4v) is 5.43. The number of rotatable bonds is 21. The highest BCUT2D eigenvalue weighted by Gasteiger charge is 2.14. The number of hydrogen-bond donors (Lipinski definition) is 3. The van der Waals surface area contributed by atoms with Crippen LogP contribution in [0.2, 0.25) is 0 Å². The first kappa shape index (κ1) is 41.9. The Labute approximate surface area is 316 Å². The van der Waals surface area contributed by atoms with Gasteiger partial charge in [-0.3, -0.25) is 0 Å². The number of hydrogen-bond acceptors (Lipinski definition) is 15. The van der Waals surface area contributed by atoms with Gasteiger partial charge in [-0.2, -0.15) is 15.0 Å². The quantitative estimate of drug-likeness (QED) is 0.110. The predicted octanol–water partition coefficient (Wildman–Crippen LogP) is 2.91. The number of anilines is 6. The van der Waals surface area contributed by atoms with Crippen molar-refractivity contribution in [2.45, 2.75) is 0 Å². The molecule has 18 nitrogen and oxygen atoms in total. The zero-order valence-corrected chi connectivity index (χ0v) is 33.2. The lowest BCUT2D eigenvalue weighted by molar-refractivity contribution is 0.287. The van der Waals surface area contributed by atoms with Gasteiger partial charge in [-0.05, 0) is 72.8 Å². The fourth-order valence-electron chi connectivity index (χ4n) is 4.21. The lowest BCUT2D eigenvalue weighted by atomic mass is 10.3. The van der Waals surface area contributed by atoms with E-state index in [1.54, 1.807) is 72.8 Å². The Balaban J connectivity index is 1.46. The molecule has 294 valence electrons. The average Bonchev–Trinajstić information content (AvgIpc) is 3.09. The molecular formula is C33H45N9O9S3. The maximum Gasteiger partial charge on any atom is 0.233 e. The van der Waals surface area contributed by atoms with Crippen LogP contribution in [-0.4, -0.2) is 132 Å². The molecule has 54 heavy (non-hydrogen) atoms. The minimum atomic E-state index is -3.30. The summed E-state index contributed by atoms with van der Waals surface area (Å²) in [5.74, 6) is 2.28. The van der Waals surface area contributed by atoms with E-state index in [0.717, 1.165) is 18.8 Å². The van der Waals surface area contributed by atoms with Crippen molar-refractivity contribution >= 4 is 65.0 Å². The Bertz CT molecular complexity index is 1900. The Morgan fingerprint density at radius 1 is 0.444 bits per heavy atom. The molecule has 0 fully saturated rings. The predicted molar refractivity (Wildman–Crippen MR) is 208 cm³/mol. The van der Waals surface area contributed by atoms with Crippen LogP contribution in [0.3, 0.4) is 0 Å². The molecule has 3 N–H and O–H groups in total. The summed E-state index contributed by atoms with van der Waals surface area (Å²) in [6, 6.07) is 21.0. The van der Waals surface area contributed by atoms with E-state index in [1.165, 1.54) is 34.1 Å². The number of nitrogens with one attached hydrogen (secondary N) is 3. The zero-order chi connectivity index (χ0) is 39.5. The van der Waals surface area contributed by atoms with Gasteiger partial charge < -0.3 is 30.2 Å². The van der Waals surface area contributed by atoms with Crippen LogP contribution in [-0.2, 0) is 30.1 Å². The van der Waals surface area contributed by atoms with Crippen LogP contribution in [0.4, 0.5) is 34.9 Å². The molecule has 4 rings (SSSR count). The molecule has 0 bridgehead atoms. The van der Waals surface area contributed by atoms with Gasteiger partial charge >= 0.3 is 0 Å². The van der Waals surface area contributed by atoms with E-state index in [0.29, 0.717) is 34.3 Å². The van der Waals surface area contributed by atoms with Crippen molar-refractivity contribution in [3.05, 3.63) is 72.8 Å². The topological polar surface area (TPSA) is 215 Å². The largest absolute Gasteiger partial charge is 0.492 e. The molecule has 3 aromatic carbocycles. The van der Waals surface area contributed by atoms with E-state index in [4.69, 9.17) is 14.2 Å². The van der Waals surface area contributed by atoms with Gasteiger partial charge in [-0.25, -0.2) is 38.2 Å². The Morgan fingerprint density at radius 2 is 0.667 bits per heavy atom. The highest BCUT2D eigenvalue weighted by atomic mass is 32.2. The molecule has 21 heteroatoms. The van der Waals surface area contributed by atoms with Crippen molar-refractivity contribution in [2.75, 3.05) is 95.3 Å². The number of aromatic nitrogens is 3. The van der Waals surface area contributed by atoms with Crippen molar-refractivity contribution in [2.24, 2.45) is 0 Å². The molecule has 0 saturated carbocycles. The lowest BCUT2D eigenvalue weighted by Gasteiger charge is -2.15. The molecule has 0 radical (unpaired) electrons. The van der Waals surface area contributed by atoms with Gasteiger partial charge in [-0.15, -0.1) is 0 Å². The van der Waals surface area contributed by atoms with E-state index in [9.17, 15) is 25.3 Å². The third-order valence-electron chi connectivity index (χ3n) is 7.69. The maximum atomic E-state index is 11.6. The Hall–Kier alpha value is -4.80. The van der Waals surface area contributed by atoms with Gasteiger partial charge in [-0.1, -0.05) is 0 Å². The van der Waals surface area contributed by atoms with Gasteiger partial charge in [0.25, 0.3) is 0 Å². The minimum absolute atomic E-state index is 0.176. The second-order valence-electron chi connectivity index (χ2n) is 12.1. The van der Waals surface area contributed by atoms with Gasteiger partial charge in [0.1, 0.15) is 37.1 Å².